The van der Waals surface area contributed by atoms with Crippen LogP contribution in [0.15, 0.2) is 24.0 Å². The van der Waals surface area contributed by atoms with Gasteiger partial charge in [0.05, 0.1) is 18.4 Å². The zero-order chi connectivity index (χ0) is 17.1. The minimum atomic E-state index is 0.598. The summed E-state index contributed by atoms with van der Waals surface area (Å²) in [6, 6.07) is 0. The molecule has 3 aromatic heterocycles. The Balaban J connectivity index is 1.76. The molecule has 1 N–H and O–H groups in total. The molecule has 0 unspecified atom stereocenters. The Morgan fingerprint density at radius 1 is 1.12 bits per heavy atom. The molecule has 0 bridgehead atoms. The number of nitrogens with one attached hydrogen (secondary N) is 1. The van der Waals surface area contributed by atoms with Crippen molar-refractivity contribution in [3.05, 3.63) is 40.9 Å². The van der Waals surface area contributed by atoms with Crippen LogP contribution in [0.5, 0.6) is 0 Å². The number of hydrogen-bond donors (Lipinski definition) is 1. The van der Waals surface area contributed by atoms with Crippen LogP contribution < -0.4 is 10.2 Å². The largest absolute Gasteiger partial charge is 0.364 e. The fourth-order valence-corrected chi connectivity index (χ4v) is 2.86. The topological polar surface area (TPSA) is 79.7 Å². The van der Waals surface area contributed by atoms with Crippen molar-refractivity contribution in [1.82, 2.24) is 24.9 Å². The molecular formula is C16H19N7S. The molecule has 0 amide bonds. The molecule has 3 rings (SSSR count). The highest BCUT2D eigenvalue weighted by Gasteiger charge is 2.11. The van der Waals surface area contributed by atoms with E-state index in [0.29, 0.717) is 12.5 Å². The highest BCUT2D eigenvalue weighted by molar-refractivity contribution is 7.13. The van der Waals surface area contributed by atoms with Gasteiger partial charge in [-0.2, -0.15) is 4.98 Å². The molecule has 0 spiro atoms. The minimum Gasteiger partial charge on any atom is -0.364 e. The molecule has 7 nitrogen and oxygen atoms in total. The SMILES string of the molecule is Cc1nc(N(C)C)nc(NCc2csc(-c3cnccn3)n2)c1C. The van der Waals surface area contributed by atoms with Gasteiger partial charge < -0.3 is 10.2 Å². The lowest BCUT2D eigenvalue weighted by atomic mass is 10.2. The van der Waals surface area contributed by atoms with E-state index in [9.17, 15) is 0 Å². The average molecular weight is 341 g/mol. The molecule has 3 aromatic rings. The van der Waals surface area contributed by atoms with Crippen LogP contribution in [0.1, 0.15) is 17.0 Å². The normalized spacial score (nSPS) is 10.7. The Labute approximate surface area is 144 Å². The molecule has 0 aliphatic rings. The van der Waals surface area contributed by atoms with Crippen molar-refractivity contribution in [3.8, 4) is 10.7 Å². The monoisotopic (exact) mass is 341 g/mol. The predicted octanol–water partition coefficient (Wildman–Crippen LogP) is 2.69. The fraction of sp³-hybridized carbons (Fsp3) is 0.312. The van der Waals surface area contributed by atoms with Crippen molar-refractivity contribution >= 4 is 23.1 Å². The van der Waals surface area contributed by atoms with Crippen molar-refractivity contribution in [3.63, 3.8) is 0 Å². The van der Waals surface area contributed by atoms with E-state index in [1.807, 2.05) is 38.2 Å². The van der Waals surface area contributed by atoms with Gasteiger partial charge in [-0.25, -0.2) is 9.97 Å². The quantitative estimate of drug-likeness (QED) is 0.764. The zero-order valence-corrected chi connectivity index (χ0v) is 14.9. The van der Waals surface area contributed by atoms with Gasteiger partial charge in [0.1, 0.15) is 16.5 Å². The van der Waals surface area contributed by atoms with Crippen molar-refractivity contribution in [2.45, 2.75) is 20.4 Å². The smallest absolute Gasteiger partial charge is 0.227 e. The van der Waals surface area contributed by atoms with E-state index in [2.05, 4.69) is 30.2 Å². The summed E-state index contributed by atoms with van der Waals surface area (Å²) in [7, 11) is 3.86. The van der Waals surface area contributed by atoms with Gasteiger partial charge in [-0.15, -0.1) is 11.3 Å². The van der Waals surface area contributed by atoms with Crippen molar-refractivity contribution in [1.29, 1.82) is 0 Å². The first-order chi connectivity index (χ1) is 11.5. The molecule has 0 radical (unpaired) electrons. The summed E-state index contributed by atoms with van der Waals surface area (Å²) in [5.41, 5.74) is 3.75. The van der Waals surface area contributed by atoms with E-state index in [1.54, 1.807) is 29.9 Å². The summed E-state index contributed by atoms with van der Waals surface area (Å²) < 4.78 is 0. The van der Waals surface area contributed by atoms with E-state index >= 15 is 0 Å². The first-order valence-electron chi connectivity index (χ1n) is 7.52. The van der Waals surface area contributed by atoms with E-state index < -0.39 is 0 Å². The van der Waals surface area contributed by atoms with Crippen molar-refractivity contribution in [2.24, 2.45) is 0 Å². The van der Waals surface area contributed by atoms with Gasteiger partial charge in [0.15, 0.2) is 0 Å². The summed E-state index contributed by atoms with van der Waals surface area (Å²) in [5.74, 6) is 1.53. The lowest BCUT2D eigenvalue weighted by Crippen LogP contribution is -2.16. The molecular weight excluding hydrogens is 322 g/mol. The molecule has 124 valence electrons. The van der Waals surface area contributed by atoms with E-state index in [-0.39, 0.29) is 0 Å². The number of anilines is 2. The lowest BCUT2D eigenvalue weighted by Gasteiger charge is -2.15. The first kappa shape index (κ1) is 16.3. The third-order valence-corrected chi connectivity index (χ3v) is 4.46. The molecule has 0 saturated carbocycles. The summed E-state index contributed by atoms with van der Waals surface area (Å²) in [6.45, 7) is 4.61. The molecule has 3 heterocycles. The van der Waals surface area contributed by atoms with Crippen LogP contribution in [-0.2, 0) is 6.54 Å². The molecule has 24 heavy (non-hydrogen) atoms. The Hall–Kier alpha value is -2.61. The maximum atomic E-state index is 4.60. The molecule has 0 saturated heterocycles. The van der Waals surface area contributed by atoms with Crippen LogP contribution >= 0.6 is 11.3 Å². The highest BCUT2D eigenvalue weighted by Crippen LogP contribution is 2.22. The van der Waals surface area contributed by atoms with Crippen LogP contribution in [0, 0.1) is 13.8 Å². The third-order valence-electron chi connectivity index (χ3n) is 3.55. The number of aromatic nitrogens is 5. The van der Waals surface area contributed by atoms with Crippen molar-refractivity contribution < 1.29 is 0 Å². The van der Waals surface area contributed by atoms with Crippen LogP contribution in [0.3, 0.4) is 0 Å². The lowest BCUT2D eigenvalue weighted by molar-refractivity contribution is 0.948. The highest BCUT2D eigenvalue weighted by atomic mass is 32.1. The maximum Gasteiger partial charge on any atom is 0.227 e. The van der Waals surface area contributed by atoms with Crippen LogP contribution in [0.25, 0.3) is 10.7 Å². The van der Waals surface area contributed by atoms with Gasteiger partial charge in [-0.05, 0) is 13.8 Å². The minimum absolute atomic E-state index is 0.598. The first-order valence-corrected chi connectivity index (χ1v) is 8.40. The Morgan fingerprint density at radius 3 is 2.67 bits per heavy atom. The van der Waals surface area contributed by atoms with Gasteiger partial charge in [0, 0.05) is 43.1 Å². The summed E-state index contributed by atoms with van der Waals surface area (Å²) in [5, 5.41) is 6.25. The average Bonchev–Trinajstić information content (AvgIpc) is 3.05. The zero-order valence-electron chi connectivity index (χ0n) is 14.1. The maximum absolute atomic E-state index is 4.60. The molecule has 0 aromatic carbocycles. The van der Waals surface area contributed by atoms with Crippen LogP contribution in [0.4, 0.5) is 11.8 Å². The second-order valence-corrected chi connectivity index (χ2v) is 6.42. The number of aryl methyl sites for hydroxylation is 1. The van der Waals surface area contributed by atoms with E-state index in [4.69, 9.17) is 0 Å². The van der Waals surface area contributed by atoms with Gasteiger partial charge in [0.25, 0.3) is 0 Å². The van der Waals surface area contributed by atoms with Gasteiger partial charge >= 0.3 is 0 Å². The Morgan fingerprint density at radius 2 is 1.96 bits per heavy atom. The molecule has 0 fully saturated rings. The van der Waals surface area contributed by atoms with Crippen LogP contribution in [0.2, 0.25) is 0 Å². The molecule has 0 atom stereocenters. The summed E-state index contributed by atoms with van der Waals surface area (Å²) >= 11 is 1.56. The van der Waals surface area contributed by atoms with Crippen molar-refractivity contribution in [2.75, 3.05) is 24.3 Å². The van der Waals surface area contributed by atoms with E-state index in [0.717, 1.165) is 33.5 Å². The number of rotatable bonds is 5. The van der Waals surface area contributed by atoms with Gasteiger partial charge in [0.2, 0.25) is 5.95 Å². The fourth-order valence-electron chi connectivity index (χ4n) is 2.08. The third kappa shape index (κ3) is 3.48. The molecule has 0 aliphatic heterocycles. The number of thiazole rings is 1. The second kappa shape index (κ2) is 6.88. The molecule has 8 heteroatoms. The van der Waals surface area contributed by atoms with E-state index in [1.165, 1.54) is 0 Å². The number of hydrogen-bond acceptors (Lipinski definition) is 8. The summed E-state index contributed by atoms with van der Waals surface area (Å²) in [4.78, 5) is 23.9. The Kier molecular flexibility index (Phi) is 4.66. The predicted molar refractivity (Wildman–Crippen MR) is 96.3 cm³/mol. The number of nitrogens with zero attached hydrogens (tertiary/aromatic N) is 6. The standard InChI is InChI=1S/C16H19N7S/c1-10-11(2)20-16(23(3)4)22-14(10)19-7-12-9-24-15(21-12)13-8-17-5-6-18-13/h5-6,8-9H,7H2,1-4H3,(H,19,20,22). The Bertz CT molecular complexity index is 830. The summed E-state index contributed by atoms with van der Waals surface area (Å²) in [6.07, 6.45) is 5.05. The molecule has 0 aliphatic carbocycles. The van der Waals surface area contributed by atoms with Gasteiger partial charge in [-0.1, -0.05) is 0 Å². The van der Waals surface area contributed by atoms with Gasteiger partial charge in [-0.3, -0.25) is 9.97 Å². The second-order valence-electron chi connectivity index (χ2n) is 5.57. The van der Waals surface area contributed by atoms with Crippen LogP contribution in [-0.4, -0.2) is 39.0 Å².